The van der Waals surface area contributed by atoms with E-state index in [1.165, 1.54) is 0 Å². The minimum atomic E-state index is -0.765. The molecule has 0 aliphatic carbocycles. The molecule has 2 aliphatic rings. The number of hydrogen-bond acceptors (Lipinski definition) is 5. The summed E-state index contributed by atoms with van der Waals surface area (Å²) in [6, 6.07) is 7.16. The van der Waals surface area contributed by atoms with Gasteiger partial charge in [-0.3, -0.25) is 4.79 Å². The van der Waals surface area contributed by atoms with Crippen molar-refractivity contribution in [2.24, 2.45) is 0 Å². The second-order valence-electron chi connectivity index (χ2n) is 5.28. The number of amides is 1. The minimum Gasteiger partial charge on any atom is -0.480 e. The Labute approximate surface area is 123 Å². The molecule has 2 aliphatic heterocycles. The lowest BCUT2D eigenvalue weighted by Crippen LogP contribution is -2.43. The van der Waals surface area contributed by atoms with E-state index in [0.717, 1.165) is 19.3 Å². The minimum absolute atomic E-state index is 0.206. The van der Waals surface area contributed by atoms with Gasteiger partial charge in [0.05, 0.1) is 6.10 Å². The number of carbonyl (C=O) groups is 1. The fourth-order valence-corrected chi connectivity index (χ4v) is 2.55. The van der Waals surface area contributed by atoms with E-state index < -0.39 is 24.4 Å². The maximum atomic E-state index is 12.1. The second-order valence-corrected chi connectivity index (χ2v) is 5.28. The van der Waals surface area contributed by atoms with Crippen LogP contribution in [0.2, 0.25) is 0 Å². The molecule has 3 rings (SSSR count). The van der Waals surface area contributed by atoms with Crippen LogP contribution in [-0.4, -0.2) is 30.0 Å². The van der Waals surface area contributed by atoms with Crippen LogP contribution in [0.5, 0.6) is 5.75 Å². The van der Waals surface area contributed by atoms with Crippen molar-refractivity contribution in [2.45, 2.75) is 44.2 Å². The Morgan fingerprint density at radius 3 is 3.00 bits per heavy atom. The zero-order valence-corrected chi connectivity index (χ0v) is 11.7. The third kappa shape index (κ3) is 3.34. The topological polar surface area (TPSA) is 77.0 Å². The fourth-order valence-electron chi connectivity index (χ4n) is 2.55. The van der Waals surface area contributed by atoms with Gasteiger partial charge in [-0.25, -0.2) is 10.3 Å². The van der Waals surface area contributed by atoms with E-state index in [-0.39, 0.29) is 6.42 Å². The molecule has 2 N–H and O–H groups in total. The van der Waals surface area contributed by atoms with Crippen LogP contribution in [0.1, 0.15) is 37.4 Å². The second kappa shape index (κ2) is 6.43. The normalized spacial score (nSPS) is 28.3. The number of benzene rings is 1. The number of hydroxylamine groups is 1. The van der Waals surface area contributed by atoms with Gasteiger partial charge in [-0.05, 0) is 18.9 Å². The van der Waals surface area contributed by atoms with E-state index in [4.69, 9.17) is 14.3 Å². The molecule has 1 amide bonds. The Morgan fingerprint density at radius 1 is 1.33 bits per heavy atom. The molecule has 0 radical (unpaired) electrons. The van der Waals surface area contributed by atoms with Crippen molar-refractivity contribution in [1.82, 2.24) is 5.48 Å². The van der Waals surface area contributed by atoms with Gasteiger partial charge in [0.1, 0.15) is 5.75 Å². The quantitative estimate of drug-likeness (QED) is 0.825. The number of hydrogen-bond donors (Lipinski definition) is 2. The van der Waals surface area contributed by atoms with Crippen molar-refractivity contribution in [3.8, 4) is 5.75 Å². The number of para-hydroxylation sites is 1. The lowest BCUT2D eigenvalue weighted by atomic mass is 9.99. The molecule has 6 nitrogen and oxygen atoms in total. The molecule has 114 valence electrons. The van der Waals surface area contributed by atoms with Crippen LogP contribution < -0.4 is 10.2 Å². The Kier molecular flexibility index (Phi) is 4.38. The summed E-state index contributed by atoms with van der Waals surface area (Å²) in [6.07, 6.45) is 1.13. The molecule has 1 saturated heterocycles. The summed E-state index contributed by atoms with van der Waals surface area (Å²) in [4.78, 5) is 17.3. The Bertz CT molecular complexity index is 501. The summed E-state index contributed by atoms with van der Waals surface area (Å²) in [5.74, 6) is 0.128. The zero-order valence-electron chi connectivity index (χ0n) is 11.7. The van der Waals surface area contributed by atoms with Gasteiger partial charge in [0.2, 0.25) is 0 Å². The van der Waals surface area contributed by atoms with Crippen LogP contribution >= 0.6 is 0 Å². The van der Waals surface area contributed by atoms with Gasteiger partial charge in [0.25, 0.3) is 5.91 Å². The summed E-state index contributed by atoms with van der Waals surface area (Å²) < 4.78 is 11.0. The van der Waals surface area contributed by atoms with Crippen molar-refractivity contribution < 1.29 is 24.2 Å². The molecule has 1 fully saturated rings. The molecule has 1 aromatic carbocycles. The standard InChI is InChI=1S/C15H19NO5/c17-11-9-13(20-12-6-2-1-5-10(11)12)15(18)16-21-14-7-3-4-8-19-14/h1-2,5-6,11,13-14,17H,3-4,7-9H2,(H,16,18)/t11-,13?,14?/m1/s1. The van der Waals surface area contributed by atoms with Crippen LogP contribution in [0.4, 0.5) is 0 Å². The third-order valence-corrected chi connectivity index (χ3v) is 3.71. The van der Waals surface area contributed by atoms with Crippen LogP contribution in [0.3, 0.4) is 0 Å². The van der Waals surface area contributed by atoms with Crippen LogP contribution in [-0.2, 0) is 14.4 Å². The fraction of sp³-hybridized carbons (Fsp3) is 0.533. The molecule has 6 heteroatoms. The van der Waals surface area contributed by atoms with E-state index in [1.807, 2.05) is 6.07 Å². The van der Waals surface area contributed by atoms with Crippen LogP contribution in [0.25, 0.3) is 0 Å². The van der Waals surface area contributed by atoms with Crippen molar-refractivity contribution in [1.29, 1.82) is 0 Å². The summed E-state index contributed by atoms with van der Waals surface area (Å²) in [7, 11) is 0. The maximum absolute atomic E-state index is 12.1. The Morgan fingerprint density at radius 2 is 2.19 bits per heavy atom. The van der Waals surface area contributed by atoms with Gasteiger partial charge in [0.15, 0.2) is 12.4 Å². The molecule has 3 atom stereocenters. The lowest BCUT2D eigenvalue weighted by molar-refractivity contribution is -0.203. The number of ether oxygens (including phenoxy) is 2. The third-order valence-electron chi connectivity index (χ3n) is 3.71. The first-order valence-electron chi connectivity index (χ1n) is 7.25. The highest BCUT2D eigenvalue weighted by Gasteiger charge is 2.32. The summed E-state index contributed by atoms with van der Waals surface area (Å²) in [6.45, 7) is 0.645. The Balaban J connectivity index is 1.56. The lowest BCUT2D eigenvalue weighted by Gasteiger charge is -2.29. The highest BCUT2D eigenvalue weighted by Crippen LogP contribution is 2.34. The molecule has 0 bridgehead atoms. The van der Waals surface area contributed by atoms with E-state index in [0.29, 0.717) is 17.9 Å². The molecular formula is C15H19NO5. The van der Waals surface area contributed by atoms with Gasteiger partial charge in [-0.2, -0.15) is 0 Å². The van der Waals surface area contributed by atoms with E-state index in [9.17, 15) is 9.90 Å². The monoisotopic (exact) mass is 293 g/mol. The average Bonchev–Trinajstić information content (AvgIpc) is 2.53. The number of aliphatic hydroxyl groups is 1. The summed E-state index contributed by atoms with van der Waals surface area (Å²) >= 11 is 0. The van der Waals surface area contributed by atoms with Crippen molar-refractivity contribution in [3.63, 3.8) is 0 Å². The predicted molar refractivity (Wildman–Crippen MR) is 73.3 cm³/mol. The number of fused-ring (bicyclic) bond motifs is 1. The molecule has 21 heavy (non-hydrogen) atoms. The highest BCUT2D eigenvalue weighted by atomic mass is 16.8. The first kappa shape index (κ1) is 14.3. The molecule has 0 spiro atoms. The van der Waals surface area contributed by atoms with Crippen LogP contribution in [0, 0.1) is 0 Å². The highest BCUT2D eigenvalue weighted by molar-refractivity contribution is 5.80. The number of aliphatic hydroxyl groups excluding tert-OH is 1. The van der Waals surface area contributed by atoms with Crippen molar-refractivity contribution in [2.75, 3.05) is 6.61 Å². The molecule has 0 aromatic heterocycles. The Hall–Kier alpha value is -1.63. The van der Waals surface area contributed by atoms with Gasteiger partial charge in [0, 0.05) is 25.0 Å². The predicted octanol–water partition coefficient (Wildman–Crippen LogP) is 1.45. The van der Waals surface area contributed by atoms with Gasteiger partial charge >= 0.3 is 0 Å². The number of nitrogens with one attached hydrogen (secondary N) is 1. The largest absolute Gasteiger partial charge is 0.480 e. The van der Waals surface area contributed by atoms with E-state index in [2.05, 4.69) is 5.48 Å². The smallest absolute Gasteiger partial charge is 0.284 e. The van der Waals surface area contributed by atoms with E-state index in [1.54, 1.807) is 18.2 Å². The molecule has 2 heterocycles. The first-order valence-corrected chi connectivity index (χ1v) is 7.25. The van der Waals surface area contributed by atoms with Gasteiger partial charge in [-0.1, -0.05) is 18.2 Å². The maximum Gasteiger partial charge on any atom is 0.284 e. The molecule has 0 saturated carbocycles. The summed E-state index contributed by atoms with van der Waals surface area (Å²) in [5.41, 5.74) is 3.08. The number of carbonyl (C=O) groups excluding carboxylic acids is 1. The SMILES string of the molecule is O=C(NOC1CCCCO1)C1C[C@@H](O)c2ccccc2O1. The molecular weight excluding hydrogens is 274 g/mol. The van der Waals surface area contributed by atoms with Crippen LogP contribution in [0.15, 0.2) is 24.3 Å². The zero-order chi connectivity index (χ0) is 14.7. The first-order chi connectivity index (χ1) is 10.2. The number of rotatable bonds is 3. The van der Waals surface area contributed by atoms with Crippen molar-refractivity contribution >= 4 is 5.91 Å². The van der Waals surface area contributed by atoms with E-state index >= 15 is 0 Å². The molecule has 1 aromatic rings. The average molecular weight is 293 g/mol. The van der Waals surface area contributed by atoms with Crippen molar-refractivity contribution in [3.05, 3.63) is 29.8 Å². The molecule has 2 unspecified atom stereocenters. The van der Waals surface area contributed by atoms with Gasteiger partial charge < -0.3 is 14.6 Å². The van der Waals surface area contributed by atoms with Gasteiger partial charge in [-0.15, -0.1) is 0 Å². The summed E-state index contributed by atoms with van der Waals surface area (Å²) in [5, 5.41) is 10.1.